The molecule has 1 heterocycles. The molecule has 18 heavy (non-hydrogen) atoms. The van der Waals surface area contributed by atoms with Crippen molar-refractivity contribution < 1.29 is 13.9 Å². The summed E-state index contributed by atoms with van der Waals surface area (Å²) in [5.74, 6) is 2.04. The molecule has 0 spiro atoms. The highest BCUT2D eigenvalue weighted by atomic mass is 16.5. The summed E-state index contributed by atoms with van der Waals surface area (Å²) >= 11 is 0. The van der Waals surface area contributed by atoms with Crippen molar-refractivity contribution in [3.8, 4) is 5.75 Å². The molecule has 0 bridgehead atoms. The van der Waals surface area contributed by atoms with Crippen molar-refractivity contribution >= 4 is 5.78 Å². The Hall–Kier alpha value is -2.03. The van der Waals surface area contributed by atoms with E-state index in [-0.39, 0.29) is 5.78 Å². The summed E-state index contributed by atoms with van der Waals surface area (Å²) in [4.78, 5) is 11.1. The number of aryl methyl sites for hydroxylation is 1. The van der Waals surface area contributed by atoms with Crippen LogP contribution in [0.4, 0.5) is 0 Å². The van der Waals surface area contributed by atoms with Crippen molar-refractivity contribution in [2.24, 2.45) is 0 Å². The lowest BCUT2D eigenvalue weighted by atomic mass is 10.1. The number of rotatable bonds is 4. The lowest BCUT2D eigenvalue weighted by molar-refractivity contribution is 0.0985. The van der Waals surface area contributed by atoms with Crippen molar-refractivity contribution in [3.63, 3.8) is 0 Å². The van der Waals surface area contributed by atoms with E-state index < -0.39 is 0 Å². The number of benzene rings is 1. The predicted molar refractivity (Wildman–Crippen MR) is 69.2 cm³/mol. The Morgan fingerprint density at radius 1 is 1.28 bits per heavy atom. The average Bonchev–Trinajstić information content (AvgIpc) is 2.78. The summed E-state index contributed by atoms with van der Waals surface area (Å²) in [5, 5.41) is 0. The molecule has 94 valence electrons. The molecule has 0 unspecified atom stereocenters. The number of carbonyl (C=O) groups excluding carboxylic acids is 1. The van der Waals surface area contributed by atoms with Gasteiger partial charge in [0.2, 0.25) is 0 Å². The Morgan fingerprint density at radius 3 is 2.61 bits per heavy atom. The molecular weight excluding hydrogens is 228 g/mol. The van der Waals surface area contributed by atoms with E-state index in [0.717, 1.165) is 22.6 Å². The zero-order valence-electron chi connectivity index (χ0n) is 10.8. The maximum absolute atomic E-state index is 11.1. The molecule has 2 rings (SSSR count). The molecule has 1 aromatic heterocycles. The first kappa shape index (κ1) is 12.4. The van der Waals surface area contributed by atoms with Crippen LogP contribution in [0.15, 0.2) is 34.7 Å². The largest absolute Gasteiger partial charge is 0.496 e. The monoisotopic (exact) mass is 244 g/mol. The molecule has 3 nitrogen and oxygen atoms in total. The molecule has 0 amide bonds. The quantitative estimate of drug-likeness (QED) is 0.774. The molecule has 0 saturated heterocycles. The summed E-state index contributed by atoms with van der Waals surface area (Å²) in [6.45, 7) is 3.51. The number of hydrogen-bond donors (Lipinski definition) is 0. The van der Waals surface area contributed by atoms with Crippen LogP contribution in [-0.2, 0) is 6.42 Å². The van der Waals surface area contributed by atoms with E-state index in [0.29, 0.717) is 12.2 Å². The normalized spacial score (nSPS) is 10.4. The molecular formula is C15H16O3. The number of ketones is 1. The van der Waals surface area contributed by atoms with E-state index >= 15 is 0 Å². The van der Waals surface area contributed by atoms with Crippen LogP contribution in [-0.4, -0.2) is 12.9 Å². The summed E-state index contributed by atoms with van der Waals surface area (Å²) < 4.78 is 10.7. The van der Waals surface area contributed by atoms with Crippen molar-refractivity contribution in [1.82, 2.24) is 0 Å². The van der Waals surface area contributed by atoms with Gasteiger partial charge in [0, 0.05) is 13.3 Å². The zero-order valence-corrected chi connectivity index (χ0v) is 10.8. The van der Waals surface area contributed by atoms with Crippen LogP contribution in [0.3, 0.4) is 0 Å². The Bertz CT molecular complexity index is 567. The predicted octanol–water partition coefficient (Wildman–Crippen LogP) is 3.39. The van der Waals surface area contributed by atoms with Crippen LogP contribution in [0, 0.1) is 6.92 Å². The summed E-state index contributed by atoms with van der Waals surface area (Å²) in [7, 11) is 1.66. The Morgan fingerprint density at radius 2 is 2.06 bits per heavy atom. The highest BCUT2D eigenvalue weighted by Gasteiger charge is 2.07. The van der Waals surface area contributed by atoms with Crippen LogP contribution < -0.4 is 4.74 Å². The molecule has 0 atom stereocenters. The third-order valence-corrected chi connectivity index (χ3v) is 2.85. The van der Waals surface area contributed by atoms with Crippen LogP contribution in [0.5, 0.6) is 5.75 Å². The van der Waals surface area contributed by atoms with Gasteiger partial charge in [0.15, 0.2) is 11.5 Å². The van der Waals surface area contributed by atoms with Gasteiger partial charge in [-0.05, 0) is 36.2 Å². The first-order valence-electron chi connectivity index (χ1n) is 5.83. The van der Waals surface area contributed by atoms with Crippen LogP contribution in [0.2, 0.25) is 0 Å². The lowest BCUT2D eigenvalue weighted by Gasteiger charge is -2.06. The molecule has 2 aromatic rings. The van der Waals surface area contributed by atoms with Crippen LogP contribution >= 0.6 is 0 Å². The fourth-order valence-corrected chi connectivity index (χ4v) is 1.91. The van der Waals surface area contributed by atoms with Gasteiger partial charge in [-0.25, -0.2) is 0 Å². The molecule has 0 radical (unpaired) electrons. The molecule has 0 aliphatic heterocycles. The highest BCUT2D eigenvalue weighted by Crippen LogP contribution is 2.21. The minimum Gasteiger partial charge on any atom is -0.496 e. The first-order chi connectivity index (χ1) is 8.60. The smallest absolute Gasteiger partial charge is 0.194 e. The zero-order chi connectivity index (χ0) is 13.1. The number of hydrogen-bond acceptors (Lipinski definition) is 3. The van der Waals surface area contributed by atoms with Gasteiger partial charge in [-0.1, -0.05) is 12.1 Å². The molecule has 0 N–H and O–H groups in total. The van der Waals surface area contributed by atoms with Crippen molar-refractivity contribution in [2.75, 3.05) is 7.11 Å². The second-order valence-corrected chi connectivity index (χ2v) is 4.30. The van der Waals surface area contributed by atoms with Gasteiger partial charge in [-0.3, -0.25) is 4.79 Å². The van der Waals surface area contributed by atoms with Gasteiger partial charge in [0.1, 0.15) is 11.5 Å². The third-order valence-electron chi connectivity index (χ3n) is 2.85. The van der Waals surface area contributed by atoms with E-state index in [9.17, 15) is 4.79 Å². The molecule has 1 aromatic carbocycles. The second kappa shape index (κ2) is 5.08. The number of Topliss-reactive ketones (excluding diaryl/α,β-unsaturated/α-hetero) is 1. The molecule has 0 aliphatic carbocycles. The summed E-state index contributed by atoms with van der Waals surface area (Å²) in [6, 6.07) is 9.57. The highest BCUT2D eigenvalue weighted by molar-refractivity contribution is 5.91. The minimum absolute atomic E-state index is 0.0489. The summed E-state index contributed by atoms with van der Waals surface area (Å²) in [5.41, 5.74) is 2.23. The van der Waals surface area contributed by atoms with Gasteiger partial charge in [0.25, 0.3) is 0 Å². The molecule has 0 saturated carbocycles. The van der Waals surface area contributed by atoms with E-state index in [1.807, 2.05) is 25.1 Å². The first-order valence-corrected chi connectivity index (χ1v) is 5.83. The Labute approximate surface area is 106 Å². The van der Waals surface area contributed by atoms with E-state index in [2.05, 4.69) is 6.07 Å². The third kappa shape index (κ3) is 2.62. The van der Waals surface area contributed by atoms with E-state index in [1.54, 1.807) is 13.2 Å². The van der Waals surface area contributed by atoms with Crippen molar-refractivity contribution in [3.05, 3.63) is 53.0 Å². The van der Waals surface area contributed by atoms with Crippen LogP contribution in [0.1, 0.15) is 34.4 Å². The molecule has 0 fully saturated rings. The van der Waals surface area contributed by atoms with Gasteiger partial charge >= 0.3 is 0 Å². The van der Waals surface area contributed by atoms with Gasteiger partial charge in [-0.15, -0.1) is 0 Å². The standard InChI is InChI=1S/C15H16O3/c1-10-8-12(4-6-14(10)17-3)9-13-5-7-15(18-13)11(2)16/h4-8H,9H2,1-3H3. The Balaban J connectivity index is 2.18. The van der Waals surface area contributed by atoms with Crippen LogP contribution in [0.25, 0.3) is 0 Å². The average molecular weight is 244 g/mol. The lowest BCUT2D eigenvalue weighted by Crippen LogP contribution is -1.91. The number of ether oxygens (including phenoxy) is 1. The second-order valence-electron chi connectivity index (χ2n) is 4.30. The SMILES string of the molecule is COc1ccc(Cc2ccc(C(C)=O)o2)cc1C. The minimum atomic E-state index is -0.0489. The number of carbonyl (C=O) groups is 1. The van der Waals surface area contributed by atoms with E-state index in [1.165, 1.54) is 6.92 Å². The van der Waals surface area contributed by atoms with Gasteiger partial charge < -0.3 is 9.15 Å². The summed E-state index contributed by atoms with van der Waals surface area (Å²) in [6.07, 6.45) is 0.679. The van der Waals surface area contributed by atoms with E-state index in [4.69, 9.17) is 9.15 Å². The number of furan rings is 1. The van der Waals surface area contributed by atoms with Gasteiger partial charge in [0.05, 0.1) is 7.11 Å². The Kier molecular flexibility index (Phi) is 3.51. The fraction of sp³-hybridized carbons (Fsp3) is 0.267. The molecule has 3 heteroatoms. The number of methoxy groups -OCH3 is 1. The maximum Gasteiger partial charge on any atom is 0.194 e. The topological polar surface area (TPSA) is 39.4 Å². The fourth-order valence-electron chi connectivity index (χ4n) is 1.91. The van der Waals surface area contributed by atoms with Crippen molar-refractivity contribution in [1.29, 1.82) is 0 Å². The van der Waals surface area contributed by atoms with Gasteiger partial charge in [-0.2, -0.15) is 0 Å². The molecule has 0 aliphatic rings. The van der Waals surface area contributed by atoms with Crippen molar-refractivity contribution in [2.45, 2.75) is 20.3 Å². The maximum atomic E-state index is 11.1.